The van der Waals surface area contributed by atoms with Gasteiger partial charge in [-0.25, -0.2) is 19.9 Å². The van der Waals surface area contributed by atoms with Gasteiger partial charge in [-0.2, -0.15) is 0 Å². The van der Waals surface area contributed by atoms with E-state index < -0.39 is 0 Å². The largest absolute Gasteiger partial charge is 0.381 e. The van der Waals surface area contributed by atoms with E-state index in [0.29, 0.717) is 16.2 Å². The standard InChI is InChI=1S/C24H24N6.C19H13BrN4.C6H13N/c1-29-12-14-30(15-13-29)24-23(25)27-21(17-6-3-2-4-7-17)22(28-24)19-9-10-20-18(16-19)8-5-11-26-20;20-18-19(21)24-16(12-5-2-1-3-6-12)17(23-18)14-8-9-15-13(11-14)7-4-10-22-15;1-7-5-3-2-4-6-7/h2-11,16H,12-15H2,1H3,(H2,25,27);1-11H,(H2,21,24);2-6H2,1H3. The molecule has 0 amide bonds. The normalized spacial score (nSPS) is 14.5. The van der Waals surface area contributed by atoms with Crippen LogP contribution < -0.4 is 16.4 Å². The number of hydrogen-bond acceptors (Lipinski definition) is 11. The quantitative estimate of drug-likeness (QED) is 0.171. The third kappa shape index (κ3) is 10.0. The molecule has 0 radical (unpaired) electrons. The van der Waals surface area contributed by atoms with E-state index in [9.17, 15) is 0 Å². The van der Waals surface area contributed by atoms with E-state index in [2.05, 4.69) is 88.9 Å². The maximum Gasteiger partial charge on any atom is 0.172 e. The topological polar surface area (TPSA) is 139 Å². The van der Waals surface area contributed by atoms with Gasteiger partial charge in [0.15, 0.2) is 17.5 Å². The predicted molar refractivity (Wildman–Crippen MR) is 254 cm³/mol. The summed E-state index contributed by atoms with van der Waals surface area (Å²) in [5, 5.41) is 2.14. The Labute approximate surface area is 365 Å². The van der Waals surface area contributed by atoms with Crippen molar-refractivity contribution in [2.45, 2.75) is 19.3 Å². The number of benzene rings is 4. The van der Waals surface area contributed by atoms with Crippen LogP contribution in [0.5, 0.6) is 0 Å². The monoisotopic (exact) mass is 871 g/mol. The molecule has 61 heavy (non-hydrogen) atoms. The summed E-state index contributed by atoms with van der Waals surface area (Å²) in [6, 6.07) is 40.3. The maximum absolute atomic E-state index is 6.42. The number of hydrogen-bond donors (Lipinski definition) is 2. The molecule has 2 saturated heterocycles. The number of pyridine rings is 2. The van der Waals surface area contributed by atoms with Crippen molar-refractivity contribution in [2.75, 3.05) is 69.7 Å². The van der Waals surface area contributed by atoms with Gasteiger partial charge in [-0.1, -0.05) is 91.3 Å². The molecule has 12 heteroatoms. The molecule has 0 bridgehead atoms. The molecule has 10 rings (SSSR count). The van der Waals surface area contributed by atoms with Crippen molar-refractivity contribution in [1.82, 2.24) is 39.7 Å². The van der Waals surface area contributed by atoms with E-state index in [1.54, 1.807) is 6.20 Å². The molecule has 0 saturated carbocycles. The molecule has 8 aromatic rings. The molecule has 6 heterocycles. The van der Waals surface area contributed by atoms with Gasteiger partial charge in [0.2, 0.25) is 0 Å². The molecule has 2 aliphatic rings. The number of fused-ring (bicyclic) bond motifs is 2. The van der Waals surface area contributed by atoms with Gasteiger partial charge >= 0.3 is 0 Å². The summed E-state index contributed by atoms with van der Waals surface area (Å²) in [5.41, 5.74) is 21.5. The molecule has 0 atom stereocenters. The van der Waals surface area contributed by atoms with Crippen LogP contribution in [0.15, 0.2) is 138 Å². The molecule has 2 aliphatic heterocycles. The second-order valence-corrected chi connectivity index (χ2v) is 16.2. The number of nitrogen functional groups attached to an aromatic ring is 2. The van der Waals surface area contributed by atoms with Crippen molar-refractivity contribution in [3.05, 3.63) is 138 Å². The second kappa shape index (κ2) is 19.4. The zero-order chi connectivity index (χ0) is 42.1. The summed E-state index contributed by atoms with van der Waals surface area (Å²) in [7, 11) is 4.33. The number of piperidine rings is 1. The number of likely N-dealkylation sites (tertiary alicyclic amines) is 1. The van der Waals surface area contributed by atoms with Crippen molar-refractivity contribution < 1.29 is 0 Å². The highest BCUT2D eigenvalue weighted by Crippen LogP contribution is 2.36. The molecule has 0 spiro atoms. The van der Waals surface area contributed by atoms with Crippen LogP contribution >= 0.6 is 15.9 Å². The first-order valence-electron chi connectivity index (χ1n) is 20.7. The number of aromatic nitrogens is 6. The van der Waals surface area contributed by atoms with E-state index in [-0.39, 0.29) is 0 Å². The van der Waals surface area contributed by atoms with Gasteiger partial charge in [0, 0.05) is 71.6 Å². The Morgan fingerprint density at radius 3 is 1.44 bits per heavy atom. The molecule has 2 fully saturated rings. The zero-order valence-electron chi connectivity index (χ0n) is 34.6. The lowest BCUT2D eigenvalue weighted by atomic mass is 10.0. The van der Waals surface area contributed by atoms with E-state index in [1.165, 1.54) is 32.4 Å². The van der Waals surface area contributed by atoms with Gasteiger partial charge in [-0.15, -0.1) is 0 Å². The van der Waals surface area contributed by atoms with Gasteiger partial charge in [-0.05, 0) is 92.4 Å². The summed E-state index contributed by atoms with van der Waals surface area (Å²) in [6.07, 6.45) is 7.88. The van der Waals surface area contributed by atoms with E-state index in [0.717, 1.165) is 98.8 Å². The van der Waals surface area contributed by atoms with Crippen LogP contribution in [0.25, 0.3) is 66.8 Å². The fourth-order valence-electron chi connectivity index (χ4n) is 7.61. The number of likely N-dealkylation sites (N-methyl/N-ethyl adjacent to an activating group) is 1. The van der Waals surface area contributed by atoms with Crippen molar-refractivity contribution in [1.29, 1.82) is 0 Å². The maximum atomic E-state index is 6.42. The second-order valence-electron chi connectivity index (χ2n) is 15.4. The number of nitrogens with zero attached hydrogens (tertiary/aromatic N) is 9. The van der Waals surface area contributed by atoms with Crippen LogP contribution in [0.4, 0.5) is 17.5 Å². The van der Waals surface area contributed by atoms with Crippen LogP contribution in [0.2, 0.25) is 0 Å². The number of halogens is 1. The number of nitrogens with two attached hydrogens (primary N) is 2. The molecule has 4 aromatic carbocycles. The Kier molecular flexibility index (Phi) is 13.1. The average Bonchev–Trinajstić information content (AvgIpc) is 3.31. The SMILES string of the molecule is CN1CCCCC1.CN1CCN(c2nc(-c3ccc4ncccc4c3)c(-c3ccccc3)nc2N)CC1.Nc1nc(-c2ccccc2)c(-c2ccc3ncccc3c2)nc1Br. The highest BCUT2D eigenvalue weighted by molar-refractivity contribution is 9.10. The van der Waals surface area contributed by atoms with E-state index in [1.807, 2.05) is 103 Å². The fourth-order valence-corrected chi connectivity index (χ4v) is 7.88. The summed E-state index contributed by atoms with van der Waals surface area (Å²) in [4.78, 5) is 34.8. The smallest absolute Gasteiger partial charge is 0.172 e. The molecule has 4 N–H and O–H groups in total. The minimum Gasteiger partial charge on any atom is -0.381 e. The highest BCUT2D eigenvalue weighted by Gasteiger charge is 2.22. The summed E-state index contributed by atoms with van der Waals surface area (Å²) >= 11 is 3.39. The van der Waals surface area contributed by atoms with Crippen molar-refractivity contribution in [3.63, 3.8) is 0 Å². The third-order valence-electron chi connectivity index (χ3n) is 11.0. The molecule has 0 unspecified atom stereocenters. The van der Waals surface area contributed by atoms with Crippen molar-refractivity contribution >= 4 is 55.2 Å². The summed E-state index contributed by atoms with van der Waals surface area (Å²) in [5.74, 6) is 1.62. The lowest BCUT2D eigenvalue weighted by molar-refractivity contribution is 0.277. The molecular weight excluding hydrogens is 823 g/mol. The Balaban J connectivity index is 0.000000148. The fraction of sp³-hybridized carbons (Fsp3) is 0.224. The van der Waals surface area contributed by atoms with Crippen LogP contribution in [0, 0.1) is 0 Å². The first-order chi connectivity index (χ1) is 29.8. The van der Waals surface area contributed by atoms with Gasteiger partial charge in [-0.3, -0.25) is 9.97 Å². The average molecular weight is 873 g/mol. The lowest BCUT2D eigenvalue weighted by Crippen LogP contribution is -2.45. The first kappa shape index (κ1) is 41.4. The molecule has 0 aliphatic carbocycles. The number of anilines is 3. The Morgan fingerprint density at radius 2 is 0.934 bits per heavy atom. The first-order valence-corrected chi connectivity index (χ1v) is 21.5. The molecule has 11 nitrogen and oxygen atoms in total. The van der Waals surface area contributed by atoms with Crippen LogP contribution in [0.3, 0.4) is 0 Å². The Hall–Kier alpha value is -6.34. The van der Waals surface area contributed by atoms with Gasteiger partial charge < -0.3 is 26.2 Å². The number of piperazine rings is 1. The summed E-state index contributed by atoms with van der Waals surface area (Å²) in [6.45, 7) is 6.39. The Bertz CT molecular complexity index is 2720. The highest BCUT2D eigenvalue weighted by atomic mass is 79.9. The predicted octanol–water partition coefficient (Wildman–Crippen LogP) is 9.50. The molecule has 4 aromatic heterocycles. The van der Waals surface area contributed by atoms with Gasteiger partial charge in [0.25, 0.3) is 0 Å². The third-order valence-corrected chi connectivity index (χ3v) is 11.6. The lowest BCUT2D eigenvalue weighted by Gasteiger charge is -2.33. The van der Waals surface area contributed by atoms with E-state index in [4.69, 9.17) is 21.4 Å². The van der Waals surface area contributed by atoms with Crippen LogP contribution in [0.1, 0.15) is 19.3 Å². The number of rotatable bonds is 5. The van der Waals surface area contributed by atoms with Crippen LogP contribution in [-0.2, 0) is 0 Å². The minimum absolute atomic E-state index is 0.375. The molecule has 308 valence electrons. The zero-order valence-corrected chi connectivity index (χ0v) is 36.2. The van der Waals surface area contributed by atoms with E-state index >= 15 is 0 Å². The molecular formula is C49H50BrN11. The summed E-state index contributed by atoms with van der Waals surface area (Å²) < 4.78 is 0.545. The Morgan fingerprint density at radius 1 is 0.459 bits per heavy atom. The van der Waals surface area contributed by atoms with Crippen LogP contribution in [-0.4, -0.2) is 93.1 Å². The van der Waals surface area contributed by atoms with Crippen molar-refractivity contribution in [2.24, 2.45) is 0 Å². The minimum atomic E-state index is 0.375. The van der Waals surface area contributed by atoms with Crippen molar-refractivity contribution in [3.8, 4) is 45.0 Å². The van der Waals surface area contributed by atoms with Gasteiger partial charge in [0.1, 0.15) is 4.60 Å². The van der Waals surface area contributed by atoms with Gasteiger partial charge in [0.05, 0.1) is 33.8 Å².